The Morgan fingerprint density at radius 3 is 2.92 bits per heavy atom. The fourth-order valence-corrected chi connectivity index (χ4v) is 3.44. The molecule has 1 aliphatic heterocycles. The number of ether oxygens (including phenoxy) is 1. The molecule has 1 aromatic carbocycles. The maximum atomic E-state index is 13.0. The van der Waals surface area contributed by atoms with Gasteiger partial charge in [-0.05, 0) is 51.3 Å². The van der Waals surface area contributed by atoms with E-state index < -0.39 is 0 Å². The average molecular weight is 355 g/mol. The summed E-state index contributed by atoms with van der Waals surface area (Å²) >= 11 is 0. The topological polar surface area (TPSA) is 64.4 Å². The summed E-state index contributed by atoms with van der Waals surface area (Å²) in [6.07, 6.45) is 4.33. The van der Waals surface area contributed by atoms with E-state index in [2.05, 4.69) is 5.10 Å². The van der Waals surface area contributed by atoms with Crippen molar-refractivity contribution in [1.29, 1.82) is 0 Å². The highest BCUT2D eigenvalue weighted by molar-refractivity contribution is 5.93. The minimum atomic E-state index is -0.0119. The normalized spacial score (nSPS) is 16.9. The van der Waals surface area contributed by atoms with Gasteiger partial charge in [0.2, 0.25) is 0 Å². The Morgan fingerprint density at radius 2 is 2.19 bits per heavy atom. The smallest absolute Gasteiger partial charge is 0.272 e. The van der Waals surface area contributed by atoms with Crippen molar-refractivity contribution in [2.24, 2.45) is 0 Å². The van der Waals surface area contributed by atoms with Crippen molar-refractivity contribution in [2.75, 3.05) is 13.2 Å². The molecule has 0 aliphatic carbocycles. The van der Waals surface area contributed by atoms with Crippen LogP contribution in [0, 0.1) is 6.92 Å². The second kappa shape index (κ2) is 7.72. The first-order valence-electron chi connectivity index (χ1n) is 9.05. The Kier molecular flexibility index (Phi) is 5.40. The van der Waals surface area contributed by atoms with Crippen molar-refractivity contribution < 1.29 is 14.3 Å². The Hall–Kier alpha value is -2.63. The third kappa shape index (κ3) is 3.49. The van der Waals surface area contributed by atoms with Crippen LogP contribution in [0.5, 0.6) is 5.75 Å². The lowest BCUT2D eigenvalue weighted by Gasteiger charge is -2.26. The van der Waals surface area contributed by atoms with E-state index in [1.54, 1.807) is 23.0 Å². The molecule has 0 unspecified atom stereocenters. The van der Waals surface area contributed by atoms with Gasteiger partial charge in [0.15, 0.2) is 6.29 Å². The van der Waals surface area contributed by atoms with Crippen LogP contribution >= 0.6 is 0 Å². The maximum absolute atomic E-state index is 13.0. The molecule has 0 N–H and O–H groups in total. The number of benzene rings is 1. The van der Waals surface area contributed by atoms with Crippen LogP contribution in [0.15, 0.2) is 30.5 Å². The molecule has 2 aromatic rings. The first-order valence-corrected chi connectivity index (χ1v) is 9.05. The van der Waals surface area contributed by atoms with E-state index in [4.69, 9.17) is 4.74 Å². The van der Waals surface area contributed by atoms with E-state index in [1.165, 1.54) is 0 Å². The predicted molar refractivity (Wildman–Crippen MR) is 98.7 cm³/mol. The molecular weight excluding hydrogens is 330 g/mol. The molecule has 0 bridgehead atoms. The number of aromatic nitrogens is 2. The molecule has 1 aromatic heterocycles. The molecule has 0 spiro atoms. The van der Waals surface area contributed by atoms with Crippen LogP contribution in [0.3, 0.4) is 0 Å². The van der Waals surface area contributed by atoms with Crippen molar-refractivity contribution in [3.8, 4) is 5.75 Å². The van der Waals surface area contributed by atoms with Gasteiger partial charge in [-0.2, -0.15) is 5.10 Å². The summed E-state index contributed by atoms with van der Waals surface area (Å²) in [5.74, 6) is 0.564. The van der Waals surface area contributed by atoms with Crippen LogP contribution in [-0.4, -0.2) is 46.1 Å². The van der Waals surface area contributed by atoms with Gasteiger partial charge in [-0.3, -0.25) is 14.3 Å². The summed E-state index contributed by atoms with van der Waals surface area (Å²) < 4.78 is 7.67. The van der Waals surface area contributed by atoms with Gasteiger partial charge < -0.3 is 9.64 Å². The van der Waals surface area contributed by atoms with Crippen molar-refractivity contribution in [3.05, 3.63) is 47.3 Å². The van der Waals surface area contributed by atoms with Gasteiger partial charge in [0.1, 0.15) is 18.1 Å². The molecular formula is C20H25N3O3. The lowest BCUT2D eigenvalue weighted by molar-refractivity contribution is 0.0676. The van der Waals surface area contributed by atoms with E-state index in [-0.39, 0.29) is 18.0 Å². The zero-order valence-corrected chi connectivity index (χ0v) is 15.5. The highest BCUT2D eigenvalue weighted by Crippen LogP contribution is 2.24. The highest BCUT2D eigenvalue weighted by Gasteiger charge is 2.32. The van der Waals surface area contributed by atoms with Crippen molar-refractivity contribution in [2.45, 2.75) is 45.7 Å². The second-order valence-corrected chi connectivity index (χ2v) is 6.96. The van der Waals surface area contributed by atoms with Crippen LogP contribution < -0.4 is 4.74 Å². The molecule has 3 rings (SSSR count). The van der Waals surface area contributed by atoms with Crippen molar-refractivity contribution >= 4 is 12.2 Å². The summed E-state index contributed by atoms with van der Waals surface area (Å²) in [7, 11) is 0. The zero-order valence-electron chi connectivity index (χ0n) is 15.5. The van der Waals surface area contributed by atoms with E-state index >= 15 is 0 Å². The Labute approximate surface area is 153 Å². The van der Waals surface area contributed by atoms with Gasteiger partial charge in [-0.15, -0.1) is 0 Å². The molecule has 1 aliphatic rings. The number of aldehydes is 1. The minimum Gasteiger partial charge on any atom is -0.491 e. The summed E-state index contributed by atoms with van der Waals surface area (Å²) in [5.41, 5.74) is 2.06. The molecule has 1 saturated heterocycles. The minimum absolute atomic E-state index is 0.00183. The number of likely N-dealkylation sites (tertiary alicyclic amines) is 1. The number of carbonyl (C=O) groups excluding carboxylic acids is 2. The van der Waals surface area contributed by atoms with Gasteiger partial charge in [-0.1, -0.05) is 12.1 Å². The largest absolute Gasteiger partial charge is 0.491 e. The predicted octanol–water partition coefficient (Wildman–Crippen LogP) is 3.27. The molecule has 1 amide bonds. The Bertz CT molecular complexity index is 797. The molecule has 0 radical (unpaired) electrons. The fraction of sp³-hybridized carbons (Fsp3) is 0.450. The molecule has 1 atom stereocenters. The molecule has 2 heterocycles. The van der Waals surface area contributed by atoms with E-state index in [0.717, 1.165) is 24.7 Å². The molecule has 138 valence electrons. The van der Waals surface area contributed by atoms with Crippen LogP contribution in [0.1, 0.15) is 59.1 Å². The summed E-state index contributed by atoms with van der Waals surface area (Å²) in [6.45, 7) is 6.99. The molecule has 6 nitrogen and oxygen atoms in total. The van der Waals surface area contributed by atoms with Crippen LogP contribution in [-0.2, 0) is 0 Å². The number of hydrogen-bond acceptors (Lipinski definition) is 4. The van der Waals surface area contributed by atoms with Crippen molar-refractivity contribution in [3.63, 3.8) is 0 Å². The third-order valence-corrected chi connectivity index (χ3v) is 4.85. The number of amides is 1. The van der Waals surface area contributed by atoms with Crippen LogP contribution in [0.2, 0.25) is 0 Å². The lowest BCUT2D eigenvalue weighted by Crippen LogP contribution is -2.40. The van der Waals surface area contributed by atoms with Gasteiger partial charge in [0.05, 0.1) is 11.6 Å². The van der Waals surface area contributed by atoms with E-state index in [9.17, 15) is 9.59 Å². The molecule has 26 heavy (non-hydrogen) atoms. The fourth-order valence-electron chi connectivity index (χ4n) is 3.44. The van der Waals surface area contributed by atoms with Gasteiger partial charge in [-0.25, -0.2) is 0 Å². The van der Waals surface area contributed by atoms with Gasteiger partial charge in [0, 0.05) is 18.8 Å². The zero-order chi connectivity index (χ0) is 18.7. The Balaban J connectivity index is 1.73. The monoisotopic (exact) mass is 355 g/mol. The number of nitrogens with zero attached hydrogens (tertiary/aromatic N) is 3. The van der Waals surface area contributed by atoms with E-state index in [1.807, 2.05) is 37.8 Å². The van der Waals surface area contributed by atoms with Crippen LogP contribution in [0.25, 0.3) is 0 Å². The molecule has 6 heteroatoms. The number of hydrogen-bond donors (Lipinski definition) is 0. The van der Waals surface area contributed by atoms with Gasteiger partial charge in [0.25, 0.3) is 5.91 Å². The first kappa shape index (κ1) is 18.2. The van der Waals surface area contributed by atoms with Gasteiger partial charge >= 0.3 is 0 Å². The molecule has 0 saturated carbocycles. The standard InChI is InChI=1S/C20H25N3O3/c1-14(2)23-18(9-10-21-23)20(25)22-11-5-7-16(22)13-26-19-8-4-6-15(3)17(19)12-24/h4,6,8-10,12,14,16H,5,7,11,13H2,1-3H3/t16-/m0/s1. The van der Waals surface area contributed by atoms with Crippen molar-refractivity contribution in [1.82, 2.24) is 14.7 Å². The summed E-state index contributed by atoms with van der Waals surface area (Å²) in [6, 6.07) is 7.45. The number of rotatable bonds is 6. The average Bonchev–Trinajstić information content (AvgIpc) is 3.28. The maximum Gasteiger partial charge on any atom is 0.272 e. The first-order chi connectivity index (χ1) is 12.5. The lowest BCUT2D eigenvalue weighted by atomic mass is 10.1. The molecule has 1 fully saturated rings. The number of carbonyl (C=O) groups is 2. The SMILES string of the molecule is Cc1cccc(OC[C@@H]2CCCN2C(=O)c2ccnn2C(C)C)c1C=O. The Morgan fingerprint density at radius 1 is 1.38 bits per heavy atom. The summed E-state index contributed by atoms with van der Waals surface area (Å²) in [5, 5.41) is 4.26. The summed E-state index contributed by atoms with van der Waals surface area (Å²) in [4.78, 5) is 26.2. The third-order valence-electron chi connectivity index (χ3n) is 4.85. The quantitative estimate of drug-likeness (QED) is 0.746. The number of aryl methyl sites for hydroxylation is 1. The second-order valence-electron chi connectivity index (χ2n) is 6.96. The van der Waals surface area contributed by atoms with Crippen LogP contribution in [0.4, 0.5) is 0 Å². The van der Waals surface area contributed by atoms with E-state index in [0.29, 0.717) is 30.2 Å². The highest BCUT2D eigenvalue weighted by atomic mass is 16.5.